The molecule has 0 amide bonds. The molecule has 124 valence electrons. The minimum atomic E-state index is -4.90. The Morgan fingerprint density at radius 2 is 1.74 bits per heavy atom. The van der Waals surface area contributed by atoms with Crippen LogP contribution in [0.25, 0.3) is 10.8 Å². The van der Waals surface area contributed by atoms with Gasteiger partial charge in [-0.3, -0.25) is 0 Å². The molecule has 0 N–H and O–H groups in total. The largest absolute Gasteiger partial charge is 0.467 e. The summed E-state index contributed by atoms with van der Waals surface area (Å²) in [6.45, 7) is 0.236. The Balaban J connectivity index is 2.36. The Kier molecular flexibility index (Phi) is 4.87. The molecule has 2 rings (SSSR count). The van der Waals surface area contributed by atoms with Gasteiger partial charge in [-0.05, 0) is 23.9 Å². The lowest BCUT2D eigenvalue weighted by atomic mass is 10.0. The Hall–Kier alpha value is -1.79. The first-order valence-electron chi connectivity index (χ1n) is 6.66. The van der Waals surface area contributed by atoms with Crippen molar-refractivity contribution in [3.63, 3.8) is 0 Å². The van der Waals surface area contributed by atoms with Crippen LogP contribution in [0.3, 0.4) is 0 Å². The summed E-state index contributed by atoms with van der Waals surface area (Å²) in [6.07, 6.45) is -4.90. The van der Waals surface area contributed by atoms with Crippen molar-refractivity contribution >= 4 is 28.3 Å². The summed E-state index contributed by atoms with van der Waals surface area (Å²) in [6, 6.07) is 10.1. The number of halogens is 4. The molecule has 0 aliphatic heterocycles. The fourth-order valence-electron chi connectivity index (χ4n) is 2.12. The van der Waals surface area contributed by atoms with E-state index in [0.29, 0.717) is 28.3 Å². The van der Waals surface area contributed by atoms with Crippen molar-refractivity contribution in [3.8, 4) is 0 Å². The van der Waals surface area contributed by atoms with Gasteiger partial charge in [0.25, 0.3) is 5.60 Å². The molecule has 3 nitrogen and oxygen atoms in total. The number of rotatable bonds is 4. The van der Waals surface area contributed by atoms with Gasteiger partial charge in [-0.25, -0.2) is 4.79 Å². The van der Waals surface area contributed by atoms with Gasteiger partial charge in [0, 0.05) is 10.4 Å². The Morgan fingerprint density at radius 1 is 1.13 bits per heavy atom. The second-order valence-electron chi connectivity index (χ2n) is 5.06. The van der Waals surface area contributed by atoms with E-state index in [1.807, 2.05) is 0 Å². The Bertz CT molecular complexity index is 730. The fourth-order valence-corrected chi connectivity index (χ4v) is 2.35. The van der Waals surface area contributed by atoms with Gasteiger partial charge in [0.1, 0.15) is 0 Å². The van der Waals surface area contributed by atoms with E-state index in [4.69, 9.17) is 16.3 Å². The zero-order valence-electron chi connectivity index (χ0n) is 12.4. The summed E-state index contributed by atoms with van der Waals surface area (Å²) >= 11 is 6.07. The first-order valence-corrected chi connectivity index (χ1v) is 7.03. The SMILES string of the molecule is COC(=O)C(C)(OCc1ccc(Cl)c2ccccc12)C(F)(F)F. The van der Waals surface area contributed by atoms with E-state index in [1.165, 1.54) is 0 Å². The number of fused-ring (bicyclic) bond motifs is 1. The van der Waals surface area contributed by atoms with E-state index < -0.39 is 24.4 Å². The fraction of sp³-hybridized carbons (Fsp3) is 0.312. The maximum Gasteiger partial charge on any atom is 0.428 e. The number of ether oxygens (including phenoxy) is 2. The maximum absolute atomic E-state index is 13.2. The molecular formula is C16H14ClF3O3. The molecule has 0 saturated carbocycles. The maximum atomic E-state index is 13.2. The van der Waals surface area contributed by atoms with Gasteiger partial charge >= 0.3 is 12.1 Å². The van der Waals surface area contributed by atoms with Gasteiger partial charge in [0.15, 0.2) is 0 Å². The molecule has 0 radical (unpaired) electrons. The lowest BCUT2D eigenvalue weighted by Crippen LogP contribution is -2.52. The normalized spacial score (nSPS) is 14.5. The second-order valence-corrected chi connectivity index (χ2v) is 5.47. The minimum absolute atomic E-state index is 0.414. The number of methoxy groups -OCH3 is 1. The van der Waals surface area contributed by atoms with Crippen molar-refractivity contribution in [1.82, 2.24) is 0 Å². The van der Waals surface area contributed by atoms with Gasteiger partial charge in [0.2, 0.25) is 0 Å². The molecule has 0 fully saturated rings. The van der Waals surface area contributed by atoms with Crippen LogP contribution in [-0.4, -0.2) is 24.9 Å². The highest BCUT2D eigenvalue weighted by molar-refractivity contribution is 6.35. The van der Waals surface area contributed by atoms with Crippen LogP contribution in [0.5, 0.6) is 0 Å². The predicted molar refractivity (Wildman–Crippen MR) is 80.2 cm³/mol. The van der Waals surface area contributed by atoms with E-state index in [1.54, 1.807) is 36.4 Å². The van der Waals surface area contributed by atoms with E-state index in [-0.39, 0.29) is 0 Å². The quantitative estimate of drug-likeness (QED) is 0.764. The zero-order chi connectivity index (χ0) is 17.3. The van der Waals surface area contributed by atoms with E-state index in [9.17, 15) is 18.0 Å². The van der Waals surface area contributed by atoms with Crippen LogP contribution in [0.15, 0.2) is 36.4 Å². The molecule has 1 unspecified atom stereocenters. The van der Waals surface area contributed by atoms with Gasteiger partial charge < -0.3 is 9.47 Å². The molecule has 0 heterocycles. The van der Waals surface area contributed by atoms with Crippen molar-refractivity contribution in [2.24, 2.45) is 0 Å². The summed E-state index contributed by atoms with van der Waals surface area (Å²) < 4.78 is 48.7. The molecule has 1 atom stereocenters. The molecule has 2 aromatic carbocycles. The third-order valence-electron chi connectivity index (χ3n) is 3.59. The molecule has 2 aromatic rings. The number of carbonyl (C=O) groups is 1. The molecule has 7 heteroatoms. The number of esters is 1. The van der Waals surface area contributed by atoms with Crippen molar-refractivity contribution < 1.29 is 27.4 Å². The molecule has 0 aliphatic carbocycles. The number of benzene rings is 2. The Labute approximate surface area is 135 Å². The van der Waals surface area contributed by atoms with Crippen LogP contribution in [0.2, 0.25) is 5.02 Å². The summed E-state index contributed by atoms with van der Waals surface area (Å²) in [4.78, 5) is 11.5. The van der Waals surface area contributed by atoms with E-state index >= 15 is 0 Å². The smallest absolute Gasteiger partial charge is 0.428 e. The molecule has 0 aliphatic rings. The highest BCUT2D eigenvalue weighted by atomic mass is 35.5. The lowest BCUT2D eigenvalue weighted by Gasteiger charge is -2.29. The van der Waals surface area contributed by atoms with E-state index in [2.05, 4.69) is 4.74 Å². The third kappa shape index (κ3) is 3.28. The molecule has 0 aromatic heterocycles. The first-order chi connectivity index (χ1) is 10.7. The predicted octanol–water partition coefficient (Wildman–Crippen LogP) is 4.50. The highest BCUT2D eigenvalue weighted by Crippen LogP contribution is 2.36. The summed E-state index contributed by atoms with van der Waals surface area (Å²) in [5.41, 5.74) is -2.55. The third-order valence-corrected chi connectivity index (χ3v) is 3.92. The van der Waals surface area contributed by atoms with Crippen molar-refractivity contribution in [1.29, 1.82) is 0 Å². The molecule has 0 spiro atoms. The van der Waals surface area contributed by atoms with Gasteiger partial charge in [-0.15, -0.1) is 0 Å². The molecule has 0 bridgehead atoms. The van der Waals surface area contributed by atoms with Crippen molar-refractivity contribution in [3.05, 3.63) is 47.0 Å². The number of alkyl halides is 3. The van der Waals surface area contributed by atoms with Crippen LogP contribution in [-0.2, 0) is 20.9 Å². The standard InChI is InChI=1S/C16H14ClF3O3/c1-15(14(21)22-2,16(18,19)20)23-9-10-7-8-13(17)12-6-4-3-5-11(10)12/h3-8H,9H2,1-2H3. The van der Waals surface area contributed by atoms with Gasteiger partial charge in [-0.1, -0.05) is 41.9 Å². The van der Waals surface area contributed by atoms with Crippen molar-refractivity contribution in [2.45, 2.75) is 25.3 Å². The summed E-state index contributed by atoms with van der Waals surface area (Å²) in [5, 5.41) is 1.84. The Morgan fingerprint density at radius 3 is 2.30 bits per heavy atom. The van der Waals surface area contributed by atoms with Crippen LogP contribution >= 0.6 is 11.6 Å². The molecule has 0 saturated heterocycles. The number of hydrogen-bond donors (Lipinski definition) is 0. The van der Waals surface area contributed by atoms with Gasteiger partial charge in [0.05, 0.1) is 13.7 Å². The first kappa shape index (κ1) is 17.6. The van der Waals surface area contributed by atoms with Crippen LogP contribution in [0.4, 0.5) is 13.2 Å². The monoisotopic (exact) mass is 346 g/mol. The topological polar surface area (TPSA) is 35.5 Å². The second kappa shape index (κ2) is 6.37. The summed E-state index contributed by atoms with van der Waals surface area (Å²) in [5.74, 6) is -1.50. The average molecular weight is 347 g/mol. The van der Waals surface area contributed by atoms with Crippen molar-refractivity contribution in [2.75, 3.05) is 7.11 Å². The number of hydrogen-bond acceptors (Lipinski definition) is 3. The molecular weight excluding hydrogens is 333 g/mol. The zero-order valence-corrected chi connectivity index (χ0v) is 13.2. The van der Waals surface area contributed by atoms with Crippen LogP contribution < -0.4 is 0 Å². The van der Waals surface area contributed by atoms with Crippen LogP contribution in [0, 0.1) is 0 Å². The number of carbonyl (C=O) groups excluding carboxylic acids is 1. The summed E-state index contributed by atoms with van der Waals surface area (Å²) in [7, 11) is 0.882. The van der Waals surface area contributed by atoms with Crippen LogP contribution in [0.1, 0.15) is 12.5 Å². The van der Waals surface area contributed by atoms with E-state index in [0.717, 1.165) is 7.11 Å². The van der Waals surface area contributed by atoms with Gasteiger partial charge in [-0.2, -0.15) is 13.2 Å². The molecule has 23 heavy (non-hydrogen) atoms. The highest BCUT2D eigenvalue weighted by Gasteiger charge is 2.59. The lowest BCUT2D eigenvalue weighted by molar-refractivity contribution is -0.273. The minimum Gasteiger partial charge on any atom is -0.467 e. The average Bonchev–Trinajstić information content (AvgIpc) is 2.52.